The van der Waals surface area contributed by atoms with Gasteiger partial charge in [-0.3, -0.25) is 4.90 Å². The second-order valence-corrected chi connectivity index (χ2v) is 5.18. The maximum absolute atomic E-state index is 11.4. The Morgan fingerprint density at radius 3 is 2.94 bits per heavy atom. The molecule has 2 aliphatic rings. The van der Waals surface area contributed by atoms with Crippen molar-refractivity contribution < 1.29 is 4.79 Å². The van der Waals surface area contributed by atoms with Gasteiger partial charge in [-0.15, -0.1) is 0 Å². The van der Waals surface area contributed by atoms with Gasteiger partial charge in [0.2, 0.25) is 0 Å². The second kappa shape index (κ2) is 4.15. The highest BCUT2D eigenvalue weighted by Gasteiger charge is 2.32. The zero-order chi connectivity index (χ0) is 11.8. The van der Waals surface area contributed by atoms with Gasteiger partial charge in [-0.1, -0.05) is 12.1 Å². The number of anilines is 1. The Morgan fingerprint density at radius 2 is 2.24 bits per heavy atom. The van der Waals surface area contributed by atoms with E-state index in [1.165, 1.54) is 18.4 Å². The molecule has 1 aliphatic heterocycles. The Balaban J connectivity index is 1.91. The number of hydrogen-bond acceptors (Lipinski definition) is 3. The third kappa shape index (κ3) is 1.95. The lowest BCUT2D eigenvalue weighted by atomic mass is 9.92. The normalized spacial score (nSPS) is 24.4. The van der Waals surface area contributed by atoms with E-state index in [0.29, 0.717) is 0 Å². The summed E-state index contributed by atoms with van der Waals surface area (Å²) in [6.07, 6.45) is 4.69. The molecular formula is C14H18N2O. The first-order valence-corrected chi connectivity index (χ1v) is 6.36. The Labute approximate surface area is 102 Å². The highest BCUT2D eigenvalue weighted by atomic mass is 16.1. The molecule has 0 amide bonds. The van der Waals surface area contributed by atoms with Crippen molar-refractivity contribution in [3.8, 4) is 0 Å². The van der Waals surface area contributed by atoms with Gasteiger partial charge >= 0.3 is 0 Å². The van der Waals surface area contributed by atoms with Gasteiger partial charge in [-0.2, -0.15) is 0 Å². The average Bonchev–Trinajstić information content (AvgIpc) is 3.13. The zero-order valence-electron chi connectivity index (χ0n) is 9.93. The fourth-order valence-electron chi connectivity index (χ4n) is 2.78. The van der Waals surface area contributed by atoms with Gasteiger partial charge in [0.15, 0.2) is 0 Å². The highest BCUT2D eigenvalue weighted by Crippen LogP contribution is 2.36. The van der Waals surface area contributed by atoms with E-state index in [1.54, 1.807) is 0 Å². The van der Waals surface area contributed by atoms with Gasteiger partial charge in [0.25, 0.3) is 0 Å². The molecule has 0 bridgehead atoms. The first kappa shape index (κ1) is 10.8. The number of rotatable bonds is 3. The molecule has 0 aromatic heterocycles. The van der Waals surface area contributed by atoms with Gasteiger partial charge < -0.3 is 10.5 Å². The Kier molecular flexibility index (Phi) is 2.63. The molecule has 1 saturated carbocycles. The van der Waals surface area contributed by atoms with Crippen LogP contribution in [-0.4, -0.2) is 24.3 Å². The third-order valence-electron chi connectivity index (χ3n) is 3.93. The molecule has 90 valence electrons. The summed E-state index contributed by atoms with van der Waals surface area (Å²) in [5, 5.41) is 0. The summed E-state index contributed by atoms with van der Waals surface area (Å²) in [4.78, 5) is 13.7. The Bertz CT molecular complexity index is 440. The predicted molar refractivity (Wildman–Crippen MR) is 67.7 cm³/mol. The van der Waals surface area contributed by atoms with E-state index < -0.39 is 0 Å². The number of carbonyl (C=O) groups excluding carboxylic acids is 1. The predicted octanol–water partition coefficient (Wildman–Crippen LogP) is 1.78. The van der Waals surface area contributed by atoms with Crippen LogP contribution in [0, 0.1) is 5.92 Å². The summed E-state index contributed by atoms with van der Waals surface area (Å²) >= 11 is 0. The maximum Gasteiger partial charge on any atom is 0.141 e. The molecule has 1 atom stereocenters. The molecule has 1 aromatic carbocycles. The molecule has 0 spiro atoms. The fraction of sp³-hybridized carbons (Fsp3) is 0.500. The van der Waals surface area contributed by atoms with Crippen molar-refractivity contribution in [1.29, 1.82) is 0 Å². The first-order chi connectivity index (χ1) is 8.29. The monoisotopic (exact) mass is 230 g/mol. The summed E-state index contributed by atoms with van der Waals surface area (Å²) in [6, 6.07) is 5.84. The van der Waals surface area contributed by atoms with Crippen LogP contribution in [0.2, 0.25) is 0 Å². The molecule has 0 radical (unpaired) electrons. The van der Waals surface area contributed by atoms with Crippen LogP contribution in [0.4, 0.5) is 5.69 Å². The standard InChI is InChI=1S/C14H18N2O/c15-13-3-1-2-12-11(13)6-7-16(14(12)9-17)8-10-4-5-10/h1-3,9-10,14H,4-8,15H2. The van der Waals surface area contributed by atoms with Crippen LogP contribution in [0.15, 0.2) is 18.2 Å². The van der Waals surface area contributed by atoms with Gasteiger partial charge in [0.1, 0.15) is 6.29 Å². The largest absolute Gasteiger partial charge is 0.398 e. The van der Waals surface area contributed by atoms with Gasteiger partial charge in [-0.25, -0.2) is 0 Å². The van der Waals surface area contributed by atoms with Gasteiger partial charge in [-0.05, 0) is 42.4 Å². The number of aldehydes is 1. The summed E-state index contributed by atoms with van der Waals surface area (Å²) in [6.45, 7) is 2.03. The Morgan fingerprint density at radius 1 is 1.41 bits per heavy atom. The molecule has 1 aromatic rings. The molecule has 3 heteroatoms. The molecule has 1 aliphatic carbocycles. The summed E-state index contributed by atoms with van der Waals surface area (Å²) < 4.78 is 0. The topological polar surface area (TPSA) is 46.3 Å². The van der Waals surface area contributed by atoms with Gasteiger partial charge in [0, 0.05) is 18.8 Å². The van der Waals surface area contributed by atoms with Crippen molar-refractivity contribution >= 4 is 12.0 Å². The van der Waals surface area contributed by atoms with E-state index in [0.717, 1.165) is 43.0 Å². The van der Waals surface area contributed by atoms with Crippen molar-refractivity contribution in [3.05, 3.63) is 29.3 Å². The van der Waals surface area contributed by atoms with E-state index in [4.69, 9.17) is 5.73 Å². The minimum atomic E-state index is -0.0807. The highest BCUT2D eigenvalue weighted by molar-refractivity contribution is 5.66. The van der Waals surface area contributed by atoms with Crippen LogP contribution in [0.3, 0.4) is 0 Å². The molecule has 3 nitrogen and oxygen atoms in total. The van der Waals surface area contributed by atoms with Crippen molar-refractivity contribution in [3.63, 3.8) is 0 Å². The lowest BCUT2D eigenvalue weighted by Crippen LogP contribution is -2.38. The van der Waals surface area contributed by atoms with Crippen LogP contribution in [0.1, 0.15) is 30.0 Å². The van der Waals surface area contributed by atoms with Crippen molar-refractivity contribution in [2.24, 2.45) is 5.92 Å². The molecule has 0 saturated heterocycles. The zero-order valence-corrected chi connectivity index (χ0v) is 9.93. The SMILES string of the molecule is Nc1cccc2c1CCN(CC1CC1)C2C=O. The minimum absolute atomic E-state index is 0.0807. The molecule has 1 unspecified atom stereocenters. The lowest BCUT2D eigenvalue weighted by Gasteiger charge is -2.34. The van der Waals surface area contributed by atoms with Crippen molar-refractivity contribution in [2.75, 3.05) is 18.8 Å². The second-order valence-electron chi connectivity index (χ2n) is 5.18. The fourth-order valence-corrected chi connectivity index (χ4v) is 2.78. The number of carbonyl (C=O) groups is 1. The number of hydrogen-bond donors (Lipinski definition) is 1. The quantitative estimate of drug-likeness (QED) is 0.636. The van der Waals surface area contributed by atoms with E-state index in [1.807, 2.05) is 18.2 Å². The number of nitrogens with zero attached hydrogens (tertiary/aromatic N) is 1. The van der Waals surface area contributed by atoms with Crippen molar-refractivity contribution in [1.82, 2.24) is 4.90 Å². The molecule has 1 heterocycles. The number of fused-ring (bicyclic) bond motifs is 1. The molecule has 3 rings (SSSR count). The van der Waals surface area contributed by atoms with Crippen molar-refractivity contribution in [2.45, 2.75) is 25.3 Å². The summed E-state index contributed by atoms with van der Waals surface area (Å²) in [5.74, 6) is 0.819. The molecular weight excluding hydrogens is 212 g/mol. The number of nitrogens with two attached hydrogens (primary N) is 1. The van der Waals surface area contributed by atoms with E-state index in [2.05, 4.69) is 4.90 Å². The Hall–Kier alpha value is -1.35. The summed E-state index contributed by atoms with van der Waals surface area (Å²) in [5.41, 5.74) is 9.11. The molecule has 17 heavy (non-hydrogen) atoms. The minimum Gasteiger partial charge on any atom is -0.398 e. The molecule has 2 N–H and O–H groups in total. The van der Waals surface area contributed by atoms with Crippen LogP contribution in [0.25, 0.3) is 0 Å². The molecule has 1 fully saturated rings. The third-order valence-corrected chi connectivity index (χ3v) is 3.93. The lowest BCUT2D eigenvalue weighted by molar-refractivity contribution is -0.113. The summed E-state index contributed by atoms with van der Waals surface area (Å²) in [7, 11) is 0. The van der Waals surface area contributed by atoms with Crippen LogP contribution in [-0.2, 0) is 11.2 Å². The number of benzene rings is 1. The van der Waals surface area contributed by atoms with E-state index in [9.17, 15) is 4.79 Å². The smallest absolute Gasteiger partial charge is 0.141 e. The van der Waals surface area contributed by atoms with Crippen LogP contribution < -0.4 is 5.73 Å². The van der Waals surface area contributed by atoms with Crippen LogP contribution >= 0.6 is 0 Å². The maximum atomic E-state index is 11.4. The average molecular weight is 230 g/mol. The van der Waals surface area contributed by atoms with Gasteiger partial charge in [0.05, 0.1) is 6.04 Å². The van der Waals surface area contributed by atoms with E-state index >= 15 is 0 Å². The number of nitrogen functional groups attached to an aromatic ring is 1. The first-order valence-electron chi connectivity index (χ1n) is 6.36. The van der Waals surface area contributed by atoms with Crippen LogP contribution in [0.5, 0.6) is 0 Å². The van der Waals surface area contributed by atoms with E-state index in [-0.39, 0.29) is 6.04 Å².